The van der Waals surface area contributed by atoms with Gasteiger partial charge in [0.25, 0.3) is 5.91 Å². The zero-order valence-corrected chi connectivity index (χ0v) is 16.7. The van der Waals surface area contributed by atoms with Gasteiger partial charge in [0.1, 0.15) is 18.1 Å². The molecule has 9 nitrogen and oxygen atoms in total. The Bertz CT molecular complexity index is 1280. The Morgan fingerprint density at radius 2 is 1.77 bits per heavy atom. The summed E-state index contributed by atoms with van der Waals surface area (Å²) >= 11 is 0. The second-order valence-electron chi connectivity index (χ2n) is 6.94. The number of aromatic nitrogens is 2. The summed E-state index contributed by atoms with van der Waals surface area (Å²) in [5.74, 6) is 0.347. The van der Waals surface area contributed by atoms with Crippen molar-refractivity contribution in [3.05, 3.63) is 82.2 Å². The van der Waals surface area contributed by atoms with Crippen LogP contribution < -0.4 is 21.1 Å². The quantitative estimate of drug-likeness (QED) is 0.365. The first-order valence-corrected chi connectivity index (χ1v) is 9.54. The van der Waals surface area contributed by atoms with Gasteiger partial charge < -0.3 is 29.8 Å². The summed E-state index contributed by atoms with van der Waals surface area (Å²) in [6, 6.07) is 15.7. The largest absolute Gasteiger partial charge is 0.486 e. The highest BCUT2D eigenvalue weighted by Crippen LogP contribution is 2.16. The molecular formula is C22H20N4O5. The standard InChI is InChI=1S/C22H20N4O5/c1-13-2-5-15(6-3-13)30-12-16-7-9-19(31-16)21(28)23-11-20(27)24-14-4-8-17-18(10-14)26-22(29)25-17/h2-10H,11-12H2,1H3,(H,23,28)(H,24,27)(H2,25,26,29). The number of carbonyl (C=O) groups is 2. The topological polar surface area (TPSA) is 129 Å². The van der Waals surface area contributed by atoms with Crippen LogP contribution in [0, 0.1) is 6.92 Å². The zero-order valence-electron chi connectivity index (χ0n) is 16.7. The highest BCUT2D eigenvalue weighted by molar-refractivity contribution is 5.98. The maximum absolute atomic E-state index is 12.2. The lowest BCUT2D eigenvalue weighted by molar-refractivity contribution is -0.115. The molecule has 158 valence electrons. The number of aromatic amines is 2. The van der Waals surface area contributed by atoms with Crippen molar-refractivity contribution in [2.75, 3.05) is 11.9 Å². The van der Waals surface area contributed by atoms with Gasteiger partial charge in [-0.05, 0) is 49.4 Å². The van der Waals surface area contributed by atoms with E-state index >= 15 is 0 Å². The molecule has 9 heteroatoms. The van der Waals surface area contributed by atoms with Crippen LogP contribution in [-0.2, 0) is 11.4 Å². The molecule has 4 aromatic rings. The number of furan rings is 1. The minimum atomic E-state index is -0.512. The van der Waals surface area contributed by atoms with E-state index in [0.717, 1.165) is 5.56 Å². The molecular weight excluding hydrogens is 400 g/mol. The lowest BCUT2D eigenvalue weighted by Gasteiger charge is -2.06. The van der Waals surface area contributed by atoms with E-state index in [4.69, 9.17) is 9.15 Å². The molecule has 0 radical (unpaired) electrons. The number of hydrogen-bond donors (Lipinski definition) is 4. The van der Waals surface area contributed by atoms with Crippen molar-refractivity contribution in [1.82, 2.24) is 15.3 Å². The van der Waals surface area contributed by atoms with Gasteiger partial charge in [-0.3, -0.25) is 9.59 Å². The molecule has 2 amide bonds. The first-order valence-electron chi connectivity index (χ1n) is 9.54. The third kappa shape index (κ3) is 5.02. The Hall–Kier alpha value is -4.27. The number of hydrogen-bond acceptors (Lipinski definition) is 5. The molecule has 0 atom stereocenters. The maximum atomic E-state index is 12.2. The summed E-state index contributed by atoms with van der Waals surface area (Å²) < 4.78 is 11.1. The van der Waals surface area contributed by atoms with E-state index in [9.17, 15) is 14.4 Å². The summed E-state index contributed by atoms with van der Waals surface area (Å²) in [7, 11) is 0. The first kappa shape index (κ1) is 20.0. The molecule has 2 aromatic carbocycles. The lowest BCUT2D eigenvalue weighted by Crippen LogP contribution is -2.32. The van der Waals surface area contributed by atoms with E-state index < -0.39 is 11.8 Å². The number of fused-ring (bicyclic) bond motifs is 1. The van der Waals surface area contributed by atoms with Crippen LogP contribution >= 0.6 is 0 Å². The van der Waals surface area contributed by atoms with Gasteiger partial charge in [0.15, 0.2) is 5.76 Å². The number of benzene rings is 2. The molecule has 0 saturated heterocycles. The fourth-order valence-corrected chi connectivity index (χ4v) is 2.93. The minimum Gasteiger partial charge on any atom is -0.486 e. The summed E-state index contributed by atoms with van der Waals surface area (Å²) in [6.07, 6.45) is 0. The summed E-state index contributed by atoms with van der Waals surface area (Å²) in [4.78, 5) is 40.9. The number of carbonyl (C=O) groups excluding carboxylic acids is 2. The second-order valence-corrected chi connectivity index (χ2v) is 6.94. The molecule has 4 rings (SSSR count). The highest BCUT2D eigenvalue weighted by atomic mass is 16.5. The number of imidazole rings is 1. The van der Waals surface area contributed by atoms with Crippen LogP contribution in [0.1, 0.15) is 21.9 Å². The molecule has 0 bridgehead atoms. The monoisotopic (exact) mass is 420 g/mol. The fourth-order valence-electron chi connectivity index (χ4n) is 2.93. The predicted molar refractivity (Wildman–Crippen MR) is 114 cm³/mol. The molecule has 0 fully saturated rings. The van der Waals surface area contributed by atoms with Gasteiger partial charge in [0.05, 0.1) is 17.6 Å². The molecule has 0 aliphatic heterocycles. The summed E-state index contributed by atoms with van der Waals surface area (Å²) in [5, 5.41) is 5.16. The van der Waals surface area contributed by atoms with Crippen molar-refractivity contribution in [2.45, 2.75) is 13.5 Å². The lowest BCUT2D eigenvalue weighted by atomic mass is 10.2. The maximum Gasteiger partial charge on any atom is 0.323 e. The summed E-state index contributed by atoms with van der Waals surface area (Å²) in [5.41, 5.74) is 2.51. The van der Waals surface area contributed by atoms with Crippen LogP contribution in [0.4, 0.5) is 5.69 Å². The van der Waals surface area contributed by atoms with Gasteiger partial charge in [-0.2, -0.15) is 0 Å². The molecule has 31 heavy (non-hydrogen) atoms. The predicted octanol–water partition coefficient (Wildman–Crippen LogP) is 2.71. The van der Waals surface area contributed by atoms with E-state index in [1.54, 1.807) is 24.3 Å². The van der Waals surface area contributed by atoms with Gasteiger partial charge in [-0.15, -0.1) is 0 Å². The number of rotatable bonds is 7. The number of aryl methyl sites for hydroxylation is 1. The van der Waals surface area contributed by atoms with E-state index in [2.05, 4.69) is 20.6 Å². The minimum absolute atomic E-state index is 0.0848. The van der Waals surface area contributed by atoms with Crippen molar-refractivity contribution in [3.8, 4) is 5.75 Å². The smallest absolute Gasteiger partial charge is 0.323 e. The van der Waals surface area contributed by atoms with E-state index in [0.29, 0.717) is 28.2 Å². The van der Waals surface area contributed by atoms with Crippen LogP contribution in [0.3, 0.4) is 0 Å². The average Bonchev–Trinajstić information content (AvgIpc) is 3.37. The number of nitrogens with one attached hydrogen (secondary N) is 4. The van der Waals surface area contributed by atoms with Crippen molar-refractivity contribution in [2.24, 2.45) is 0 Å². The molecule has 0 spiro atoms. The first-order chi connectivity index (χ1) is 15.0. The molecule has 2 aromatic heterocycles. The number of amides is 2. The van der Waals surface area contributed by atoms with Gasteiger partial charge in [0, 0.05) is 5.69 Å². The van der Waals surface area contributed by atoms with Crippen molar-refractivity contribution >= 4 is 28.5 Å². The van der Waals surface area contributed by atoms with Gasteiger partial charge >= 0.3 is 5.69 Å². The molecule has 2 heterocycles. The van der Waals surface area contributed by atoms with E-state index in [1.165, 1.54) is 6.07 Å². The summed E-state index contributed by atoms with van der Waals surface area (Å²) in [6.45, 7) is 1.93. The van der Waals surface area contributed by atoms with Crippen LogP contribution in [-0.4, -0.2) is 28.3 Å². The van der Waals surface area contributed by atoms with Crippen LogP contribution in [0.15, 0.2) is 63.8 Å². The molecule has 0 aliphatic carbocycles. The van der Waals surface area contributed by atoms with Crippen molar-refractivity contribution in [3.63, 3.8) is 0 Å². The SMILES string of the molecule is Cc1ccc(OCc2ccc(C(=O)NCC(=O)Nc3ccc4[nH]c(=O)[nH]c4c3)o2)cc1. The number of H-pyrrole nitrogens is 2. The Balaban J connectivity index is 1.27. The molecule has 0 unspecified atom stereocenters. The van der Waals surface area contributed by atoms with Crippen molar-refractivity contribution in [1.29, 1.82) is 0 Å². The van der Waals surface area contributed by atoms with E-state index in [-0.39, 0.29) is 24.6 Å². The second kappa shape index (κ2) is 8.62. The molecule has 0 saturated carbocycles. The number of anilines is 1. The fraction of sp³-hybridized carbons (Fsp3) is 0.136. The van der Waals surface area contributed by atoms with Gasteiger partial charge in [-0.1, -0.05) is 17.7 Å². The Kier molecular flexibility index (Phi) is 5.57. The Labute approximate surface area is 176 Å². The third-order valence-electron chi connectivity index (χ3n) is 4.50. The zero-order chi connectivity index (χ0) is 21.8. The molecule has 4 N–H and O–H groups in total. The highest BCUT2D eigenvalue weighted by Gasteiger charge is 2.13. The molecule has 0 aliphatic rings. The normalized spacial score (nSPS) is 10.7. The van der Waals surface area contributed by atoms with Gasteiger partial charge in [0.2, 0.25) is 5.91 Å². The van der Waals surface area contributed by atoms with Gasteiger partial charge in [-0.25, -0.2) is 4.79 Å². The van der Waals surface area contributed by atoms with Crippen molar-refractivity contribution < 1.29 is 18.7 Å². The Morgan fingerprint density at radius 3 is 2.58 bits per heavy atom. The Morgan fingerprint density at radius 1 is 1.00 bits per heavy atom. The van der Waals surface area contributed by atoms with Crippen LogP contribution in [0.2, 0.25) is 0 Å². The average molecular weight is 420 g/mol. The van der Waals surface area contributed by atoms with E-state index in [1.807, 2.05) is 31.2 Å². The van der Waals surface area contributed by atoms with Crippen LogP contribution in [0.5, 0.6) is 5.75 Å². The third-order valence-corrected chi connectivity index (χ3v) is 4.50. The van der Waals surface area contributed by atoms with Crippen LogP contribution in [0.25, 0.3) is 11.0 Å². The number of ether oxygens (including phenoxy) is 1.